The van der Waals surface area contributed by atoms with E-state index in [-0.39, 0.29) is 24.5 Å². The van der Waals surface area contributed by atoms with Crippen LogP contribution in [0.3, 0.4) is 0 Å². The van der Waals surface area contributed by atoms with Crippen molar-refractivity contribution in [2.24, 2.45) is 0 Å². The van der Waals surface area contributed by atoms with Gasteiger partial charge in [0.05, 0.1) is 11.5 Å². The molecule has 1 aromatic carbocycles. The van der Waals surface area contributed by atoms with Crippen molar-refractivity contribution >= 4 is 17.3 Å². The maximum absolute atomic E-state index is 10.9. The van der Waals surface area contributed by atoms with E-state index in [4.69, 9.17) is 10.2 Å². The van der Waals surface area contributed by atoms with Gasteiger partial charge in [0.25, 0.3) is 5.69 Å². The number of nitrogens with zero attached hydrogens (tertiary/aromatic N) is 2. The minimum absolute atomic E-state index is 0.204. The molecule has 7 heteroatoms. The highest BCUT2D eigenvalue weighted by atomic mass is 16.6. The van der Waals surface area contributed by atoms with E-state index in [1.54, 1.807) is 6.92 Å². The molecule has 7 nitrogen and oxygen atoms in total. The molecular formula is C11H14N2O5. The number of carboxylic acids is 1. The molecule has 1 rings (SSSR count). The maximum atomic E-state index is 10.9. The minimum atomic E-state index is -1.06. The van der Waals surface area contributed by atoms with Gasteiger partial charge in [-0.25, -0.2) is 0 Å². The van der Waals surface area contributed by atoms with Crippen LogP contribution in [0.15, 0.2) is 18.2 Å². The number of hydrogen-bond acceptors (Lipinski definition) is 5. The summed E-state index contributed by atoms with van der Waals surface area (Å²) < 4.78 is 0. The van der Waals surface area contributed by atoms with Crippen molar-refractivity contribution in [2.75, 3.05) is 18.0 Å². The molecule has 0 radical (unpaired) electrons. The van der Waals surface area contributed by atoms with Crippen LogP contribution in [0, 0.1) is 10.1 Å². The van der Waals surface area contributed by atoms with E-state index >= 15 is 0 Å². The third kappa shape index (κ3) is 3.17. The van der Waals surface area contributed by atoms with E-state index in [0.29, 0.717) is 12.1 Å². The first kappa shape index (κ1) is 13.9. The number of carbonyl (C=O) groups is 1. The summed E-state index contributed by atoms with van der Waals surface area (Å²) in [5.74, 6) is -1.06. The second-order valence-electron chi connectivity index (χ2n) is 3.65. The number of nitro groups is 1. The van der Waals surface area contributed by atoms with E-state index in [0.717, 1.165) is 0 Å². The second kappa shape index (κ2) is 5.97. The summed E-state index contributed by atoms with van der Waals surface area (Å²) in [6.07, 6.45) is 0. The Hall–Kier alpha value is -2.15. The largest absolute Gasteiger partial charge is 0.480 e. The Bertz CT molecular complexity index is 461. The van der Waals surface area contributed by atoms with Crippen molar-refractivity contribution in [1.82, 2.24) is 0 Å². The van der Waals surface area contributed by atoms with Crippen LogP contribution in [0.4, 0.5) is 11.4 Å². The topological polar surface area (TPSA) is 104 Å². The van der Waals surface area contributed by atoms with Gasteiger partial charge in [0.15, 0.2) is 0 Å². The van der Waals surface area contributed by atoms with Crippen LogP contribution in [-0.2, 0) is 11.4 Å². The van der Waals surface area contributed by atoms with Crippen LogP contribution >= 0.6 is 0 Å². The number of carboxylic acid groups (broad SMARTS) is 1. The molecule has 18 heavy (non-hydrogen) atoms. The van der Waals surface area contributed by atoms with Gasteiger partial charge in [0.1, 0.15) is 12.2 Å². The predicted octanol–water partition coefficient (Wildman–Crippen LogP) is 0.998. The fraction of sp³-hybridized carbons (Fsp3) is 0.364. The van der Waals surface area contributed by atoms with Gasteiger partial charge >= 0.3 is 5.97 Å². The third-order valence-electron chi connectivity index (χ3n) is 2.47. The molecule has 0 amide bonds. The highest BCUT2D eigenvalue weighted by Crippen LogP contribution is 2.29. The molecule has 98 valence electrons. The summed E-state index contributed by atoms with van der Waals surface area (Å²) >= 11 is 0. The number of anilines is 1. The van der Waals surface area contributed by atoms with Gasteiger partial charge in [0, 0.05) is 12.6 Å². The van der Waals surface area contributed by atoms with Crippen molar-refractivity contribution < 1.29 is 19.9 Å². The first-order valence-electron chi connectivity index (χ1n) is 5.34. The average Bonchev–Trinajstić information content (AvgIpc) is 2.34. The Labute approximate surface area is 103 Å². The standard InChI is InChI=1S/C11H14N2O5/c1-2-12(6-11(15)16)9-4-3-8(7-14)5-10(9)13(17)18/h3-5,14H,2,6-7H2,1H3,(H,15,16). The number of nitro benzene ring substituents is 1. The minimum Gasteiger partial charge on any atom is -0.480 e. The predicted molar refractivity (Wildman–Crippen MR) is 64.5 cm³/mol. The van der Waals surface area contributed by atoms with E-state index < -0.39 is 10.9 Å². The molecule has 0 heterocycles. The lowest BCUT2D eigenvalue weighted by Crippen LogP contribution is -2.29. The van der Waals surface area contributed by atoms with Crippen molar-refractivity contribution in [3.05, 3.63) is 33.9 Å². The van der Waals surface area contributed by atoms with Gasteiger partial charge in [-0.3, -0.25) is 14.9 Å². The van der Waals surface area contributed by atoms with Crippen LogP contribution in [0.1, 0.15) is 12.5 Å². The number of aliphatic hydroxyl groups is 1. The highest BCUT2D eigenvalue weighted by Gasteiger charge is 2.20. The SMILES string of the molecule is CCN(CC(=O)O)c1ccc(CO)cc1[N+](=O)[O-]. The van der Waals surface area contributed by atoms with Gasteiger partial charge < -0.3 is 15.1 Å². The summed E-state index contributed by atoms with van der Waals surface area (Å²) in [4.78, 5) is 22.4. The first-order chi connectivity index (χ1) is 8.49. The summed E-state index contributed by atoms with van der Waals surface area (Å²) in [6, 6.07) is 4.24. The van der Waals surface area contributed by atoms with E-state index in [1.807, 2.05) is 0 Å². The maximum Gasteiger partial charge on any atom is 0.323 e. The van der Waals surface area contributed by atoms with Gasteiger partial charge in [-0.2, -0.15) is 0 Å². The van der Waals surface area contributed by atoms with E-state index in [1.165, 1.54) is 23.1 Å². The zero-order chi connectivity index (χ0) is 13.7. The smallest absolute Gasteiger partial charge is 0.323 e. The normalized spacial score (nSPS) is 10.1. The molecule has 0 bridgehead atoms. The van der Waals surface area contributed by atoms with Gasteiger partial charge in [-0.15, -0.1) is 0 Å². The number of rotatable bonds is 6. The lowest BCUT2D eigenvalue weighted by Gasteiger charge is -2.20. The van der Waals surface area contributed by atoms with Crippen molar-refractivity contribution in [1.29, 1.82) is 0 Å². The van der Waals surface area contributed by atoms with Gasteiger partial charge in [-0.05, 0) is 18.6 Å². The summed E-state index contributed by atoms with van der Waals surface area (Å²) in [5, 5.41) is 28.6. The number of benzene rings is 1. The molecule has 0 aliphatic rings. The number of aliphatic carboxylic acids is 1. The molecule has 2 N–H and O–H groups in total. The Morgan fingerprint density at radius 1 is 1.50 bits per heavy atom. The Kier molecular flexibility index (Phi) is 4.61. The van der Waals surface area contributed by atoms with Gasteiger partial charge in [-0.1, -0.05) is 6.07 Å². The Balaban J connectivity index is 3.20. The fourth-order valence-corrected chi connectivity index (χ4v) is 1.61. The Morgan fingerprint density at radius 2 is 2.17 bits per heavy atom. The molecule has 0 aliphatic heterocycles. The van der Waals surface area contributed by atoms with Gasteiger partial charge in [0.2, 0.25) is 0 Å². The lowest BCUT2D eigenvalue weighted by molar-refractivity contribution is -0.384. The van der Waals surface area contributed by atoms with Crippen LogP contribution in [0.2, 0.25) is 0 Å². The third-order valence-corrected chi connectivity index (χ3v) is 2.47. The molecule has 0 aromatic heterocycles. The summed E-state index contributed by atoms with van der Waals surface area (Å²) in [6.45, 7) is 1.44. The molecule has 0 spiro atoms. The zero-order valence-corrected chi connectivity index (χ0v) is 9.87. The molecule has 1 aromatic rings. The van der Waals surface area contributed by atoms with Crippen LogP contribution in [0.5, 0.6) is 0 Å². The van der Waals surface area contributed by atoms with E-state index in [2.05, 4.69) is 0 Å². The molecule has 0 fully saturated rings. The number of aliphatic hydroxyl groups excluding tert-OH is 1. The number of likely N-dealkylation sites (N-methyl/N-ethyl adjacent to an activating group) is 1. The Morgan fingerprint density at radius 3 is 2.61 bits per heavy atom. The van der Waals surface area contributed by atoms with E-state index in [9.17, 15) is 14.9 Å². The van der Waals surface area contributed by atoms with Crippen LogP contribution in [0.25, 0.3) is 0 Å². The van der Waals surface area contributed by atoms with Crippen molar-refractivity contribution in [3.8, 4) is 0 Å². The first-order valence-corrected chi connectivity index (χ1v) is 5.34. The van der Waals surface area contributed by atoms with Crippen LogP contribution < -0.4 is 4.90 Å². The molecular weight excluding hydrogens is 240 g/mol. The molecule has 0 aliphatic carbocycles. The second-order valence-corrected chi connectivity index (χ2v) is 3.65. The zero-order valence-electron chi connectivity index (χ0n) is 9.87. The summed E-state index contributed by atoms with van der Waals surface area (Å²) in [5.41, 5.74) is 0.448. The average molecular weight is 254 g/mol. The van der Waals surface area contributed by atoms with Crippen molar-refractivity contribution in [3.63, 3.8) is 0 Å². The highest BCUT2D eigenvalue weighted by molar-refractivity contribution is 5.76. The monoisotopic (exact) mass is 254 g/mol. The van der Waals surface area contributed by atoms with Crippen molar-refractivity contribution in [2.45, 2.75) is 13.5 Å². The quantitative estimate of drug-likeness (QED) is 0.579. The molecule has 0 unspecified atom stereocenters. The van der Waals surface area contributed by atoms with Crippen LogP contribution in [-0.4, -0.2) is 34.2 Å². The molecule has 0 saturated carbocycles. The molecule has 0 atom stereocenters. The number of hydrogen-bond donors (Lipinski definition) is 2. The fourth-order valence-electron chi connectivity index (χ4n) is 1.61. The summed E-state index contributed by atoms with van der Waals surface area (Å²) in [7, 11) is 0. The lowest BCUT2D eigenvalue weighted by atomic mass is 10.1. The molecule has 0 saturated heterocycles.